The third-order valence-corrected chi connectivity index (χ3v) is 6.95. The number of hydrogen-bond donors (Lipinski definition) is 2. The predicted octanol–water partition coefficient (Wildman–Crippen LogP) is 4.92. The molecule has 3 rings (SSSR count). The van der Waals surface area contributed by atoms with Gasteiger partial charge < -0.3 is 10.1 Å². The smallest absolute Gasteiger partial charge is 0.261 e. The Kier molecular flexibility index (Phi) is 7.25. The van der Waals surface area contributed by atoms with Crippen LogP contribution in [0, 0.1) is 6.92 Å². The second-order valence-corrected chi connectivity index (χ2v) is 10.0. The molecule has 0 fully saturated rings. The number of hydrogen-bond acceptors (Lipinski definition) is 5. The molecule has 0 spiro atoms. The molecular formula is C23H24N2O4S2. The minimum atomic E-state index is -3.72. The number of methoxy groups -OCH3 is 1. The fraction of sp³-hybridized carbons (Fsp3) is 0.174. The Morgan fingerprint density at radius 2 is 1.65 bits per heavy atom. The predicted molar refractivity (Wildman–Crippen MR) is 125 cm³/mol. The Balaban J connectivity index is 1.61. The van der Waals surface area contributed by atoms with Crippen molar-refractivity contribution in [1.82, 2.24) is 0 Å². The lowest BCUT2D eigenvalue weighted by Gasteiger charge is -2.13. The van der Waals surface area contributed by atoms with Crippen LogP contribution < -0.4 is 14.8 Å². The van der Waals surface area contributed by atoms with E-state index in [-0.39, 0.29) is 16.1 Å². The summed E-state index contributed by atoms with van der Waals surface area (Å²) >= 11 is 1.43. The van der Waals surface area contributed by atoms with Gasteiger partial charge in [0.05, 0.1) is 17.3 Å². The van der Waals surface area contributed by atoms with Gasteiger partial charge in [-0.3, -0.25) is 9.52 Å². The van der Waals surface area contributed by atoms with Crippen LogP contribution in [0.2, 0.25) is 0 Å². The molecule has 0 bridgehead atoms. The minimum absolute atomic E-state index is 0.118. The van der Waals surface area contributed by atoms with Crippen molar-refractivity contribution >= 4 is 39.1 Å². The van der Waals surface area contributed by atoms with E-state index in [1.165, 1.54) is 23.9 Å². The Morgan fingerprint density at radius 3 is 2.26 bits per heavy atom. The average molecular weight is 457 g/mol. The molecular weight excluding hydrogens is 432 g/mol. The Hall–Kier alpha value is -2.97. The number of carbonyl (C=O) groups is 1. The maximum Gasteiger partial charge on any atom is 0.261 e. The van der Waals surface area contributed by atoms with E-state index in [0.29, 0.717) is 11.4 Å². The molecule has 8 heteroatoms. The van der Waals surface area contributed by atoms with Crippen molar-refractivity contribution < 1.29 is 17.9 Å². The molecule has 0 radical (unpaired) electrons. The van der Waals surface area contributed by atoms with E-state index in [4.69, 9.17) is 4.74 Å². The van der Waals surface area contributed by atoms with Gasteiger partial charge in [0, 0.05) is 16.3 Å². The topological polar surface area (TPSA) is 84.5 Å². The summed E-state index contributed by atoms with van der Waals surface area (Å²) in [6.07, 6.45) is 0. The lowest BCUT2D eigenvalue weighted by atomic mass is 10.2. The molecule has 0 aliphatic rings. The lowest BCUT2D eigenvalue weighted by Crippen LogP contribution is -2.22. The Morgan fingerprint density at radius 1 is 0.968 bits per heavy atom. The maximum atomic E-state index is 12.6. The number of ether oxygens (including phenoxy) is 1. The summed E-state index contributed by atoms with van der Waals surface area (Å²) < 4.78 is 32.9. The van der Waals surface area contributed by atoms with Gasteiger partial charge in [0.15, 0.2) is 0 Å². The zero-order chi connectivity index (χ0) is 22.4. The number of benzene rings is 3. The van der Waals surface area contributed by atoms with E-state index >= 15 is 0 Å². The van der Waals surface area contributed by atoms with Crippen molar-refractivity contribution in [2.75, 3.05) is 17.1 Å². The number of thioether (sulfide) groups is 1. The third-order valence-electron chi connectivity index (χ3n) is 4.44. The van der Waals surface area contributed by atoms with Gasteiger partial charge in [0.2, 0.25) is 5.91 Å². The second-order valence-electron chi connectivity index (χ2n) is 6.92. The summed E-state index contributed by atoms with van der Waals surface area (Å²) in [5.74, 6) is 0.586. The van der Waals surface area contributed by atoms with E-state index in [2.05, 4.69) is 10.0 Å². The van der Waals surface area contributed by atoms with E-state index in [0.717, 1.165) is 16.2 Å². The summed E-state index contributed by atoms with van der Waals surface area (Å²) in [6.45, 7) is 3.71. The van der Waals surface area contributed by atoms with Crippen molar-refractivity contribution in [3.05, 3.63) is 78.4 Å². The van der Waals surface area contributed by atoms with Gasteiger partial charge in [-0.05, 0) is 80.1 Å². The molecule has 0 aliphatic heterocycles. The molecule has 0 aromatic heterocycles. The highest BCUT2D eigenvalue weighted by molar-refractivity contribution is 8.00. The van der Waals surface area contributed by atoms with Gasteiger partial charge in [-0.25, -0.2) is 8.42 Å². The van der Waals surface area contributed by atoms with Crippen molar-refractivity contribution in [2.45, 2.75) is 28.9 Å². The Labute approximate surface area is 187 Å². The summed E-state index contributed by atoms with van der Waals surface area (Å²) in [5.41, 5.74) is 1.99. The fourth-order valence-electron chi connectivity index (χ4n) is 2.80. The molecule has 0 saturated heterocycles. The quantitative estimate of drug-likeness (QED) is 0.470. The van der Waals surface area contributed by atoms with Crippen LogP contribution in [0.25, 0.3) is 0 Å². The van der Waals surface area contributed by atoms with Crippen LogP contribution >= 0.6 is 11.8 Å². The molecule has 0 heterocycles. The van der Waals surface area contributed by atoms with Crippen molar-refractivity contribution in [2.24, 2.45) is 0 Å². The SMILES string of the molecule is COc1ccc(S[C@@H](C)C(=O)Nc2ccc(S(=O)(=O)Nc3cccc(C)c3)cc2)cc1. The number of anilines is 2. The largest absolute Gasteiger partial charge is 0.497 e. The second kappa shape index (κ2) is 9.89. The molecule has 3 aromatic carbocycles. The molecule has 2 N–H and O–H groups in total. The van der Waals surface area contributed by atoms with Crippen molar-refractivity contribution in [1.29, 1.82) is 0 Å². The first-order chi connectivity index (χ1) is 14.8. The first-order valence-corrected chi connectivity index (χ1v) is 11.9. The molecule has 31 heavy (non-hydrogen) atoms. The summed E-state index contributed by atoms with van der Waals surface area (Å²) in [4.78, 5) is 13.6. The van der Waals surface area contributed by atoms with Crippen LogP contribution in [0.15, 0.2) is 82.6 Å². The van der Waals surface area contributed by atoms with E-state index in [1.54, 1.807) is 37.4 Å². The van der Waals surface area contributed by atoms with E-state index < -0.39 is 10.0 Å². The molecule has 1 amide bonds. The van der Waals surface area contributed by atoms with E-state index in [1.807, 2.05) is 44.2 Å². The summed E-state index contributed by atoms with van der Waals surface area (Å²) in [7, 11) is -2.11. The van der Waals surface area contributed by atoms with Crippen molar-refractivity contribution in [3.8, 4) is 5.75 Å². The number of carbonyl (C=O) groups excluding carboxylic acids is 1. The molecule has 0 saturated carbocycles. The number of rotatable bonds is 8. The molecule has 0 aliphatic carbocycles. The normalized spacial score (nSPS) is 12.1. The van der Waals surface area contributed by atoms with Crippen LogP contribution in [-0.2, 0) is 14.8 Å². The summed E-state index contributed by atoms with van der Waals surface area (Å²) in [6, 6.07) is 20.7. The van der Waals surface area contributed by atoms with Crippen LogP contribution in [0.5, 0.6) is 5.75 Å². The van der Waals surface area contributed by atoms with Crippen LogP contribution in [0.4, 0.5) is 11.4 Å². The molecule has 162 valence electrons. The minimum Gasteiger partial charge on any atom is -0.497 e. The number of sulfonamides is 1. The average Bonchev–Trinajstić information content (AvgIpc) is 2.74. The fourth-order valence-corrected chi connectivity index (χ4v) is 4.71. The zero-order valence-electron chi connectivity index (χ0n) is 17.5. The van der Waals surface area contributed by atoms with Crippen LogP contribution in [-0.4, -0.2) is 26.7 Å². The van der Waals surface area contributed by atoms with Gasteiger partial charge in [-0.2, -0.15) is 0 Å². The van der Waals surface area contributed by atoms with Gasteiger partial charge in [-0.15, -0.1) is 11.8 Å². The molecule has 3 aromatic rings. The summed E-state index contributed by atoms with van der Waals surface area (Å²) in [5, 5.41) is 2.49. The molecule has 6 nitrogen and oxygen atoms in total. The van der Waals surface area contributed by atoms with E-state index in [9.17, 15) is 13.2 Å². The van der Waals surface area contributed by atoms with Crippen molar-refractivity contribution in [3.63, 3.8) is 0 Å². The monoisotopic (exact) mass is 456 g/mol. The van der Waals surface area contributed by atoms with Crippen LogP contribution in [0.3, 0.4) is 0 Å². The number of aryl methyl sites for hydroxylation is 1. The van der Waals surface area contributed by atoms with Gasteiger partial charge in [0.25, 0.3) is 10.0 Å². The highest BCUT2D eigenvalue weighted by atomic mass is 32.2. The zero-order valence-corrected chi connectivity index (χ0v) is 19.1. The van der Waals surface area contributed by atoms with Crippen LogP contribution in [0.1, 0.15) is 12.5 Å². The van der Waals surface area contributed by atoms with Gasteiger partial charge >= 0.3 is 0 Å². The Bertz CT molecular complexity index is 1140. The standard InChI is InChI=1S/C23H24N2O4S2/c1-16-5-4-6-19(15-16)25-31(27,28)22-13-7-18(8-14-22)24-23(26)17(2)30-21-11-9-20(29-3)10-12-21/h4-15,17,25H,1-3H3,(H,24,26)/t17-/m0/s1. The van der Waals surface area contributed by atoms with Gasteiger partial charge in [0.1, 0.15) is 5.75 Å². The highest BCUT2D eigenvalue weighted by Crippen LogP contribution is 2.26. The number of amides is 1. The first-order valence-electron chi connectivity index (χ1n) is 9.58. The van der Waals surface area contributed by atoms with Gasteiger partial charge in [-0.1, -0.05) is 12.1 Å². The lowest BCUT2D eigenvalue weighted by molar-refractivity contribution is -0.115. The molecule has 0 unspecified atom stereocenters. The third kappa shape index (κ3) is 6.26. The first kappa shape index (κ1) is 22.7. The number of nitrogens with one attached hydrogen (secondary N) is 2. The highest BCUT2D eigenvalue weighted by Gasteiger charge is 2.17. The maximum absolute atomic E-state index is 12.6. The molecule has 1 atom stereocenters.